The number of hydrogen-bond donors (Lipinski definition) is 2. The third-order valence-electron chi connectivity index (χ3n) is 0.264. The summed E-state index contributed by atoms with van der Waals surface area (Å²) >= 11 is 0. The summed E-state index contributed by atoms with van der Waals surface area (Å²) in [4.78, 5) is 0. The Hall–Kier alpha value is 0.920. The molecular weight excluding hydrogens is 91.0 g/mol. The molecule has 0 fully saturated rings. The molecule has 0 saturated heterocycles. The molecule has 0 aliphatic carbocycles. The minimum atomic E-state index is -0.560. The van der Waals surface area contributed by atoms with Crippen LogP contribution in [0, 0.1) is 0 Å². The van der Waals surface area contributed by atoms with Crippen LogP contribution >= 0.6 is 0 Å². The van der Waals surface area contributed by atoms with Gasteiger partial charge in [0.05, 0.1) is 12.7 Å². The molecule has 0 aromatic heterocycles. The van der Waals surface area contributed by atoms with Crippen molar-refractivity contribution < 1.29 is 41.2 Å². The second kappa shape index (κ2) is 5.92. The molecular formula is C3H9NaO2. The maximum absolute atomic E-state index is 8.11. The second-order valence-electron chi connectivity index (χ2n) is 1.03. The summed E-state index contributed by atoms with van der Waals surface area (Å²) in [6.07, 6.45) is -0.560. The average Bonchev–Trinajstić information content (AvgIpc) is 1.38. The fourth-order valence-electron chi connectivity index (χ4n) is 0. The normalized spacial score (nSPS) is 12.5. The minimum absolute atomic E-state index is 0. The topological polar surface area (TPSA) is 40.5 Å². The van der Waals surface area contributed by atoms with E-state index in [1.165, 1.54) is 6.92 Å². The zero-order chi connectivity index (χ0) is 4.28. The van der Waals surface area contributed by atoms with Crippen LogP contribution in [0.25, 0.3) is 0 Å². The van der Waals surface area contributed by atoms with Crippen molar-refractivity contribution >= 4 is 0 Å². The fourth-order valence-corrected chi connectivity index (χ4v) is 0. The van der Waals surface area contributed by atoms with Crippen LogP contribution in [-0.2, 0) is 0 Å². The molecule has 3 heteroatoms. The quantitative estimate of drug-likeness (QED) is 0.335. The summed E-state index contributed by atoms with van der Waals surface area (Å²) in [5, 5.41) is 16.0. The van der Waals surface area contributed by atoms with Gasteiger partial charge in [-0.2, -0.15) is 0 Å². The fraction of sp³-hybridized carbons (Fsp3) is 1.00. The Morgan fingerprint density at radius 1 is 1.83 bits per heavy atom. The summed E-state index contributed by atoms with van der Waals surface area (Å²) in [5.41, 5.74) is 0. The van der Waals surface area contributed by atoms with Crippen molar-refractivity contribution in [2.45, 2.75) is 13.0 Å². The average molecular weight is 100 g/mol. The summed E-state index contributed by atoms with van der Waals surface area (Å²) < 4.78 is 0. The molecule has 0 heterocycles. The van der Waals surface area contributed by atoms with Gasteiger partial charge in [0, 0.05) is 0 Å². The Balaban J connectivity index is -0.0000000800. The first kappa shape index (κ1) is 10.0. The molecule has 0 aromatic rings. The van der Waals surface area contributed by atoms with Crippen LogP contribution in [-0.4, -0.2) is 22.9 Å². The van der Waals surface area contributed by atoms with E-state index in [0.29, 0.717) is 0 Å². The number of hydrogen-bond acceptors (Lipinski definition) is 2. The third-order valence-corrected chi connectivity index (χ3v) is 0.264. The van der Waals surface area contributed by atoms with Crippen molar-refractivity contribution in [1.29, 1.82) is 0 Å². The van der Waals surface area contributed by atoms with Crippen molar-refractivity contribution in [2.24, 2.45) is 0 Å². The maximum atomic E-state index is 8.11. The van der Waals surface area contributed by atoms with Crippen LogP contribution in [0.3, 0.4) is 0 Å². The van der Waals surface area contributed by atoms with Crippen LogP contribution in [0.2, 0.25) is 0 Å². The summed E-state index contributed by atoms with van der Waals surface area (Å²) in [7, 11) is 0. The monoisotopic (exact) mass is 100 g/mol. The van der Waals surface area contributed by atoms with Crippen LogP contribution in [0.15, 0.2) is 0 Å². The van der Waals surface area contributed by atoms with E-state index >= 15 is 0 Å². The van der Waals surface area contributed by atoms with Crippen molar-refractivity contribution in [3.05, 3.63) is 0 Å². The molecule has 0 aliphatic heterocycles. The standard InChI is InChI=1S/C3H8O2.Na.H/c1-3(5)2-4;;/h3-5H,2H2,1H3;;/q;+1;-1. The van der Waals surface area contributed by atoms with E-state index in [1.54, 1.807) is 0 Å². The predicted octanol–water partition coefficient (Wildman–Crippen LogP) is -3.52. The Morgan fingerprint density at radius 3 is 2.00 bits per heavy atom. The van der Waals surface area contributed by atoms with E-state index in [1.807, 2.05) is 0 Å². The van der Waals surface area contributed by atoms with Gasteiger partial charge in [-0.15, -0.1) is 0 Å². The van der Waals surface area contributed by atoms with Crippen LogP contribution in [0.5, 0.6) is 0 Å². The van der Waals surface area contributed by atoms with Crippen LogP contribution in [0.1, 0.15) is 8.35 Å². The molecule has 0 aromatic carbocycles. The molecule has 6 heavy (non-hydrogen) atoms. The Labute approximate surface area is 61.0 Å². The Bertz CT molecular complexity index is 26.9. The minimum Gasteiger partial charge on any atom is -1.00 e. The van der Waals surface area contributed by atoms with E-state index in [9.17, 15) is 0 Å². The van der Waals surface area contributed by atoms with E-state index < -0.39 is 6.10 Å². The molecule has 0 saturated carbocycles. The van der Waals surface area contributed by atoms with Crippen molar-refractivity contribution in [3.63, 3.8) is 0 Å². The zero-order valence-electron chi connectivity index (χ0n) is 5.18. The van der Waals surface area contributed by atoms with Gasteiger partial charge in [0.15, 0.2) is 0 Å². The van der Waals surface area contributed by atoms with Crippen LogP contribution < -0.4 is 29.6 Å². The maximum Gasteiger partial charge on any atom is 1.00 e. The number of aliphatic hydroxyl groups excluding tert-OH is 2. The smallest absolute Gasteiger partial charge is 1.00 e. The molecule has 2 N–H and O–H groups in total. The van der Waals surface area contributed by atoms with Gasteiger partial charge in [0.25, 0.3) is 0 Å². The van der Waals surface area contributed by atoms with E-state index in [-0.39, 0.29) is 37.6 Å². The van der Waals surface area contributed by atoms with Gasteiger partial charge >= 0.3 is 29.6 Å². The molecule has 0 radical (unpaired) electrons. The predicted molar refractivity (Wildman–Crippen MR) is 19.9 cm³/mol. The molecule has 1 unspecified atom stereocenters. The molecule has 0 amide bonds. The molecule has 34 valence electrons. The van der Waals surface area contributed by atoms with Crippen molar-refractivity contribution in [3.8, 4) is 0 Å². The molecule has 1 atom stereocenters. The van der Waals surface area contributed by atoms with Gasteiger partial charge in [-0.25, -0.2) is 0 Å². The molecule has 0 bridgehead atoms. The van der Waals surface area contributed by atoms with Gasteiger partial charge in [0.1, 0.15) is 0 Å². The van der Waals surface area contributed by atoms with Gasteiger partial charge < -0.3 is 11.6 Å². The largest absolute Gasteiger partial charge is 1.00 e. The van der Waals surface area contributed by atoms with Gasteiger partial charge in [-0.1, -0.05) is 0 Å². The summed E-state index contributed by atoms with van der Waals surface area (Å²) in [6, 6.07) is 0. The number of rotatable bonds is 1. The van der Waals surface area contributed by atoms with Gasteiger partial charge in [-0.3, -0.25) is 0 Å². The first-order valence-corrected chi connectivity index (χ1v) is 1.56. The molecule has 0 aliphatic rings. The number of aliphatic hydroxyl groups is 2. The van der Waals surface area contributed by atoms with E-state index in [4.69, 9.17) is 10.2 Å². The second-order valence-corrected chi connectivity index (χ2v) is 1.03. The van der Waals surface area contributed by atoms with Crippen LogP contribution in [0.4, 0.5) is 0 Å². The SMILES string of the molecule is CC(O)CO.[H-].[Na+]. The van der Waals surface area contributed by atoms with Crippen molar-refractivity contribution in [1.82, 2.24) is 0 Å². The Kier molecular flexibility index (Phi) is 9.89. The molecule has 0 rings (SSSR count). The van der Waals surface area contributed by atoms with Gasteiger partial charge in [0.2, 0.25) is 0 Å². The summed E-state index contributed by atoms with van der Waals surface area (Å²) in [6.45, 7) is 1.39. The summed E-state index contributed by atoms with van der Waals surface area (Å²) in [5.74, 6) is 0. The first-order valence-electron chi connectivity index (χ1n) is 1.56. The van der Waals surface area contributed by atoms with E-state index in [2.05, 4.69) is 0 Å². The molecule has 2 nitrogen and oxygen atoms in total. The third kappa shape index (κ3) is 8.87. The Morgan fingerprint density at radius 2 is 2.00 bits per heavy atom. The van der Waals surface area contributed by atoms with Gasteiger partial charge in [-0.05, 0) is 6.92 Å². The molecule has 0 spiro atoms. The van der Waals surface area contributed by atoms with E-state index in [0.717, 1.165) is 0 Å². The van der Waals surface area contributed by atoms with Crippen molar-refractivity contribution in [2.75, 3.05) is 6.61 Å². The first-order chi connectivity index (χ1) is 2.27. The zero-order valence-corrected chi connectivity index (χ0v) is 6.18.